The number of phenols is 2. The zero-order valence-electron chi connectivity index (χ0n) is 15.6. The Kier molecular flexibility index (Phi) is 3.59. The second kappa shape index (κ2) is 5.89. The molecular formula is C21H23N3O3. The van der Waals surface area contributed by atoms with Crippen molar-refractivity contribution >= 4 is 16.7 Å². The number of hydrogen-bond acceptors (Lipinski definition) is 5. The molecule has 3 aromatic rings. The molecule has 27 heavy (non-hydrogen) atoms. The highest BCUT2D eigenvalue weighted by Crippen LogP contribution is 2.41. The maximum Gasteiger partial charge on any atom is 0.161 e. The smallest absolute Gasteiger partial charge is 0.161 e. The number of ether oxygens (including phenoxy) is 1. The molecule has 2 aliphatic heterocycles. The zero-order valence-corrected chi connectivity index (χ0v) is 15.6. The first-order valence-corrected chi connectivity index (χ1v) is 9.42. The minimum Gasteiger partial charge on any atom is -0.504 e. The van der Waals surface area contributed by atoms with Crippen molar-refractivity contribution in [2.45, 2.75) is 26.3 Å². The molecule has 0 saturated carbocycles. The van der Waals surface area contributed by atoms with Crippen LogP contribution in [-0.4, -0.2) is 46.1 Å². The molecule has 5 rings (SSSR count). The first kappa shape index (κ1) is 16.4. The van der Waals surface area contributed by atoms with Gasteiger partial charge in [-0.25, -0.2) is 4.98 Å². The summed E-state index contributed by atoms with van der Waals surface area (Å²) in [6.45, 7) is 7.12. The first-order chi connectivity index (χ1) is 13.0. The fraction of sp³-hybridized carbons (Fsp3) is 0.381. The molecule has 2 N–H and O–H groups in total. The number of anilines is 1. The highest BCUT2D eigenvalue weighted by Gasteiger charge is 2.28. The summed E-state index contributed by atoms with van der Waals surface area (Å²) >= 11 is 0. The van der Waals surface area contributed by atoms with E-state index >= 15 is 0 Å². The van der Waals surface area contributed by atoms with Crippen molar-refractivity contribution < 1.29 is 14.9 Å². The number of benzene rings is 2. The van der Waals surface area contributed by atoms with E-state index in [-0.39, 0.29) is 17.5 Å². The van der Waals surface area contributed by atoms with E-state index in [1.165, 1.54) is 12.1 Å². The SMILES string of the molecule is Cc1cc(-c2nc3cc(N4CCC4)ccc3n2C2COC2)c(C)c(O)c1O. The van der Waals surface area contributed by atoms with Crippen molar-refractivity contribution in [2.75, 3.05) is 31.2 Å². The Labute approximate surface area is 157 Å². The molecule has 140 valence electrons. The molecule has 3 heterocycles. The van der Waals surface area contributed by atoms with Gasteiger partial charge < -0.3 is 24.4 Å². The van der Waals surface area contributed by atoms with Crippen LogP contribution in [0.25, 0.3) is 22.4 Å². The Morgan fingerprint density at radius 2 is 1.85 bits per heavy atom. The van der Waals surface area contributed by atoms with Gasteiger partial charge in [-0.1, -0.05) is 0 Å². The van der Waals surface area contributed by atoms with Gasteiger partial charge in [0.05, 0.1) is 30.3 Å². The van der Waals surface area contributed by atoms with E-state index in [4.69, 9.17) is 9.72 Å². The first-order valence-electron chi connectivity index (χ1n) is 9.42. The van der Waals surface area contributed by atoms with Crippen molar-refractivity contribution in [3.05, 3.63) is 35.4 Å². The number of aromatic nitrogens is 2. The normalized spacial score (nSPS) is 17.2. The summed E-state index contributed by atoms with van der Waals surface area (Å²) in [4.78, 5) is 7.30. The van der Waals surface area contributed by atoms with E-state index in [0.29, 0.717) is 24.3 Å². The number of aryl methyl sites for hydroxylation is 1. The van der Waals surface area contributed by atoms with Crippen LogP contribution in [0.1, 0.15) is 23.6 Å². The van der Waals surface area contributed by atoms with E-state index < -0.39 is 0 Å². The third-order valence-corrected chi connectivity index (χ3v) is 5.84. The highest BCUT2D eigenvalue weighted by molar-refractivity contribution is 5.85. The maximum atomic E-state index is 10.3. The van der Waals surface area contributed by atoms with Crippen LogP contribution in [0.5, 0.6) is 11.5 Å². The summed E-state index contributed by atoms with van der Waals surface area (Å²) in [5.41, 5.74) is 5.35. The zero-order chi connectivity index (χ0) is 18.7. The van der Waals surface area contributed by atoms with Gasteiger partial charge in [0.2, 0.25) is 0 Å². The molecule has 0 bridgehead atoms. The van der Waals surface area contributed by atoms with Crippen LogP contribution in [0, 0.1) is 13.8 Å². The Bertz CT molecular complexity index is 1050. The van der Waals surface area contributed by atoms with Crippen molar-refractivity contribution in [1.29, 1.82) is 0 Å². The third-order valence-electron chi connectivity index (χ3n) is 5.84. The van der Waals surface area contributed by atoms with Crippen molar-refractivity contribution in [3.8, 4) is 22.9 Å². The summed E-state index contributed by atoms with van der Waals surface area (Å²) in [7, 11) is 0. The molecule has 2 aliphatic rings. The number of phenolic OH excluding ortho intramolecular Hbond substituents is 2. The molecule has 6 nitrogen and oxygen atoms in total. The Morgan fingerprint density at radius 1 is 1.07 bits per heavy atom. The van der Waals surface area contributed by atoms with E-state index in [1.54, 1.807) is 6.92 Å². The summed E-state index contributed by atoms with van der Waals surface area (Å²) in [6, 6.07) is 8.58. The van der Waals surface area contributed by atoms with Gasteiger partial charge in [0.15, 0.2) is 11.5 Å². The van der Waals surface area contributed by atoms with Crippen LogP contribution in [0.15, 0.2) is 24.3 Å². The van der Waals surface area contributed by atoms with Crippen LogP contribution in [0.4, 0.5) is 5.69 Å². The lowest BCUT2D eigenvalue weighted by atomic mass is 10.0. The molecule has 0 unspecified atom stereocenters. The Hall–Kier alpha value is -2.73. The average molecular weight is 365 g/mol. The molecule has 0 spiro atoms. The fourth-order valence-electron chi connectivity index (χ4n) is 3.91. The number of imidazole rings is 1. The van der Waals surface area contributed by atoms with E-state index in [9.17, 15) is 10.2 Å². The second-order valence-corrected chi connectivity index (χ2v) is 7.57. The van der Waals surface area contributed by atoms with Gasteiger partial charge in [-0.05, 0) is 50.1 Å². The Morgan fingerprint density at radius 3 is 2.48 bits per heavy atom. The standard InChI is InChI=1S/C21H23N3O3/c1-12-8-16(13(2)20(26)19(12)25)21-22-17-9-14(23-6-3-7-23)4-5-18(17)24(21)15-10-27-11-15/h4-5,8-9,15,25-26H,3,6-7,10-11H2,1-2H3. The largest absolute Gasteiger partial charge is 0.504 e. The number of rotatable bonds is 3. The van der Waals surface area contributed by atoms with Gasteiger partial charge in [-0.3, -0.25) is 0 Å². The second-order valence-electron chi connectivity index (χ2n) is 7.57. The molecule has 6 heteroatoms. The van der Waals surface area contributed by atoms with Crippen LogP contribution >= 0.6 is 0 Å². The lowest BCUT2D eigenvalue weighted by Crippen LogP contribution is -2.36. The quantitative estimate of drug-likeness (QED) is 0.695. The average Bonchev–Trinajstić information content (AvgIpc) is 2.92. The topological polar surface area (TPSA) is 70.8 Å². The van der Waals surface area contributed by atoms with Crippen molar-refractivity contribution in [1.82, 2.24) is 9.55 Å². The molecular weight excluding hydrogens is 342 g/mol. The molecule has 0 atom stereocenters. The van der Waals surface area contributed by atoms with Gasteiger partial charge >= 0.3 is 0 Å². The molecule has 2 saturated heterocycles. The lowest BCUT2D eigenvalue weighted by molar-refractivity contribution is -0.0209. The van der Waals surface area contributed by atoms with Gasteiger partial charge in [0.25, 0.3) is 0 Å². The molecule has 2 fully saturated rings. The van der Waals surface area contributed by atoms with E-state index in [0.717, 1.165) is 35.5 Å². The third kappa shape index (κ3) is 2.40. The minimum absolute atomic E-state index is 0.0639. The van der Waals surface area contributed by atoms with Gasteiger partial charge in [-0.15, -0.1) is 0 Å². The van der Waals surface area contributed by atoms with Gasteiger partial charge in [-0.2, -0.15) is 0 Å². The molecule has 0 aliphatic carbocycles. The monoisotopic (exact) mass is 365 g/mol. The highest BCUT2D eigenvalue weighted by atomic mass is 16.5. The van der Waals surface area contributed by atoms with E-state index in [2.05, 4.69) is 27.7 Å². The summed E-state index contributed by atoms with van der Waals surface area (Å²) < 4.78 is 7.66. The molecule has 2 aromatic carbocycles. The van der Waals surface area contributed by atoms with Crippen LogP contribution < -0.4 is 4.90 Å². The Balaban J connectivity index is 1.73. The van der Waals surface area contributed by atoms with Crippen molar-refractivity contribution in [3.63, 3.8) is 0 Å². The number of fused-ring (bicyclic) bond motifs is 1. The maximum absolute atomic E-state index is 10.3. The lowest BCUT2D eigenvalue weighted by Gasteiger charge is -2.33. The predicted molar refractivity (Wildman–Crippen MR) is 105 cm³/mol. The van der Waals surface area contributed by atoms with Gasteiger partial charge in [0.1, 0.15) is 5.82 Å². The van der Waals surface area contributed by atoms with Crippen LogP contribution in [0.3, 0.4) is 0 Å². The number of hydrogen-bond donors (Lipinski definition) is 2. The van der Waals surface area contributed by atoms with Crippen LogP contribution in [0.2, 0.25) is 0 Å². The minimum atomic E-state index is -0.0743. The molecule has 0 radical (unpaired) electrons. The van der Waals surface area contributed by atoms with Gasteiger partial charge in [0, 0.05) is 29.9 Å². The van der Waals surface area contributed by atoms with E-state index in [1.807, 2.05) is 13.0 Å². The summed E-state index contributed by atoms with van der Waals surface area (Å²) in [5.74, 6) is 0.677. The number of aromatic hydroxyl groups is 2. The fourth-order valence-corrected chi connectivity index (χ4v) is 3.91. The molecule has 1 aromatic heterocycles. The summed E-state index contributed by atoms with van der Waals surface area (Å²) in [6.07, 6.45) is 1.24. The number of nitrogens with zero attached hydrogens (tertiary/aromatic N) is 3. The molecule has 0 amide bonds. The predicted octanol–water partition coefficient (Wildman–Crippen LogP) is 3.51. The van der Waals surface area contributed by atoms with Crippen molar-refractivity contribution in [2.24, 2.45) is 0 Å². The van der Waals surface area contributed by atoms with Crippen LogP contribution in [-0.2, 0) is 4.74 Å². The summed E-state index contributed by atoms with van der Waals surface area (Å²) in [5, 5.41) is 20.4.